The SMILES string of the molecule is CCCNCc1ccc(Cn2ncc(Cl)c2C)nc1. The molecule has 0 saturated heterocycles. The van der Waals surface area contributed by atoms with E-state index in [2.05, 4.69) is 28.4 Å². The Bertz CT molecular complexity index is 519. The average molecular weight is 279 g/mol. The molecule has 2 aromatic heterocycles. The standard InChI is InChI=1S/C14H19ClN4/c1-3-6-16-7-12-4-5-13(17-8-12)10-19-11(2)14(15)9-18-19/h4-5,8-9,16H,3,6-7,10H2,1-2H3. The van der Waals surface area contributed by atoms with E-state index in [1.54, 1.807) is 6.20 Å². The van der Waals surface area contributed by atoms with Crippen LogP contribution in [0.1, 0.15) is 30.3 Å². The summed E-state index contributed by atoms with van der Waals surface area (Å²) in [6.07, 6.45) is 4.73. The summed E-state index contributed by atoms with van der Waals surface area (Å²) in [5.41, 5.74) is 3.16. The summed E-state index contributed by atoms with van der Waals surface area (Å²) in [5, 5.41) is 8.28. The summed E-state index contributed by atoms with van der Waals surface area (Å²) in [5.74, 6) is 0. The Kier molecular flexibility index (Phi) is 4.93. The van der Waals surface area contributed by atoms with Gasteiger partial charge >= 0.3 is 0 Å². The van der Waals surface area contributed by atoms with Gasteiger partial charge in [0.05, 0.1) is 29.2 Å². The molecule has 4 nitrogen and oxygen atoms in total. The van der Waals surface area contributed by atoms with Gasteiger partial charge in [0.2, 0.25) is 0 Å². The summed E-state index contributed by atoms with van der Waals surface area (Å²) in [7, 11) is 0. The zero-order valence-electron chi connectivity index (χ0n) is 11.4. The lowest BCUT2D eigenvalue weighted by molar-refractivity contribution is 0.648. The molecule has 19 heavy (non-hydrogen) atoms. The number of pyridine rings is 1. The molecule has 0 atom stereocenters. The molecule has 0 saturated carbocycles. The van der Waals surface area contributed by atoms with Crippen LogP contribution in [0.15, 0.2) is 24.5 Å². The molecular weight excluding hydrogens is 260 g/mol. The molecule has 0 aliphatic heterocycles. The number of hydrogen-bond acceptors (Lipinski definition) is 3. The van der Waals surface area contributed by atoms with Crippen LogP contribution in [0.4, 0.5) is 0 Å². The second kappa shape index (κ2) is 6.68. The Labute approximate surface area is 118 Å². The van der Waals surface area contributed by atoms with Gasteiger partial charge in [0.25, 0.3) is 0 Å². The van der Waals surface area contributed by atoms with E-state index in [0.717, 1.165) is 30.9 Å². The maximum atomic E-state index is 5.98. The number of nitrogens with one attached hydrogen (secondary N) is 1. The Balaban J connectivity index is 1.97. The fraction of sp³-hybridized carbons (Fsp3) is 0.429. The van der Waals surface area contributed by atoms with Crippen LogP contribution in [0, 0.1) is 6.92 Å². The molecule has 0 aliphatic rings. The molecule has 0 unspecified atom stereocenters. The number of nitrogens with zero attached hydrogens (tertiary/aromatic N) is 3. The summed E-state index contributed by atoms with van der Waals surface area (Å²) in [6.45, 7) is 6.67. The van der Waals surface area contributed by atoms with E-state index in [4.69, 9.17) is 11.6 Å². The smallest absolute Gasteiger partial charge is 0.0834 e. The van der Waals surface area contributed by atoms with E-state index in [1.165, 1.54) is 5.56 Å². The summed E-state index contributed by atoms with van der Waals surface area (Å²) in [6, 6.07) is 4.14. The van der Waals surface area contributed by atoms with Gasteiger partial charge in [-0.1, -0.05) is 24.6 Å². The molecule has 0 spiro atoms. The third-order valence-electron chi connectivity index (χ3n) is 3.00. The van der Waals surface area contributed by atoms with Crippen LogP contribution in [0.3, 0.4) is 0 Å². The summed E-state index contributed by atoms with van der Waals surface area (Å²) >= 11 is 5.98. The van der Waals surface area contributed by atoms with E-state index < -0.39 is 0 Å². The predicted octanol–water partition coefficient (Wildman–Crippen LogP) is 2.79. The first-order valence-corrected chi connectivity index (χ1v) is 6.91. The van der Waals surface area contributed by atoms with Crippen molar-refractivity contribution < 1.29 is 0 Å². The van der Waals surface area contributed by atoms with Gasteiger partial charge in [0.15, 0.2) is 0 Å². The third-order valence-corrected chi connectivity index (χ3v) is 3.37. The maximum absolute atomic E-state index is 5.98. The van der Waals surface area contributed by atoms with Crippen molar-refractivity contribution in [2.24, 2.45) is 0 Å². The molecule has 0 amide bonds. The van der Waals surface area contributed by atoms with Gasteiger partial charge < -0.3 is 5.32 Å². The minimum Gasteiger partial charge on any atom is -0.313 e. The summed E-state index contributed by atoms with van der Waals surface area (Å²) < 4.78 is 1.86. The lowest BCUT2D eigenvalue weighted by atomic mass is 10.2. The molecule has 1 N–H and O–H groups in total. The Morgan fingerprint density at radius 2 is 2.16 bits per heavy atom. The van der Waals surface area contributed by atoms with Crippen LogP contribution in [0.2, 0.25) is 5.02 Å². The Hall–Kier alpha value is -1.39. The van der Waals surface area contributed by atoms with Crippen molar-refractivity contribution in [1.82, 2.24) is 20.1 Å². The van der Waals surface area contributed by atoms with Crippen LogP contribution in [0.5, 0.6) is 0 Å². The molecule has 0 bridgehead atoms. The molecule has 2 heterocycles. The van der Waals surface area contributed by atoms with Crippen molar-refractivity contribution >= 4 is 11.6 Å². The molecule has 0 aromatic carbocycles. The molecule has 2 aromatic rings. The van der Waals surface area contributed by atoms with Crippen molar-refractivity contribution in [3.63, 3.8) is 0 Å². The van der Waals surface area contributed by atoms with Crippen molar-refractivity contribution in [2.45, 2.75) is 33.4 Å². The molecule has 5 heteroatoms. The highest BCUT2D eigenvalue weighted by Gasteiger charge is 2.05. The fourth-order valence-electron chi connectivity index (χ4n) is 1.80. The quantitative estimate of drug-likeness (QED) is 0.826. The van der Waals surface area contributed by atoms with E-state index >= 15 is 0 Å². The lowest BCUT2D eigenvalue weighted by Crippen LogP contribution is -2.14. The van der Waals surface area contributed by atoms with Crippen molar-refractivity contribution in [3.05, 3.63) is 46.5 Å². The highest BCUT2D eigenvalue weighted by atomic mass is 35.5. The topological polar surface area (TPSA) is 42.7 Å². The lowest BCUT2D eigenvalue weighted by Gasteiger charge is -2.06. The fourth-order valence-corrected chi connectivity index (χ4v) is 1.94. The van der Waals surface area contributed by atoms with Gasteiger partial charge in [-0.25, -0.2) is 0 Å². The van der Waals surface area contributed by atoms with Gasteiger partial charge in [-0.3, -0.25) is 9.67 Å². The van der Waals surface area contributed by atoms with Crippen LogP contribution >= 0.6 is 11.6 Å². The zero-order chi connectivity index (χ0) is 13.7. The first-order chi connectivity index (χ1) is 9.20. The zero-order valence-corrected chi connectivity index (χ0v) is 12.1. The van der Waals surface area contributed by atoms with Gasteiger partial charge in [-0.05, 0) is 31.5 Å². The number of halogens is 1. The largest absolute Gasteiger partial charge is 0.313 e. The van der Waals surface area contributed by atoms with Crippen molar-refractivity contribution in [3.8, 4) is 0 Å². The maximum Gasteiger partial charge on any atom is 0.0834 e. The predicted molar refractivity (Wildman–Crippen MR) is 77.3 cm³/mol. The normalized spacial score (nSPS) is 10.9. The second-order valence-corrected chi connectivity index (χ2v) is 4.98. The Morgan fingerprint density at radius 3 is 2.74 bits per heavy atom. The highest BCUT2D eigenvalue weighted by molar-refractivity contribution is 6.31. The first-order valence-electron chi connectivity index (χ1n) is 6.53. The van der Waals surface area contributed by atoms with Gasteiger partial charge in [0.1, 0.15) is 0 Å². The monoisotopic (exact) mass is 278 g/mol. The Morgan fingerprint density at radius 1 is 1.32 bits per heavy atom. The average Bonchev–Trinajstić information content (AvgIpc) is 2.73. The molecular formula is C14H19ClN4. The van der Waals surface area contributed by atoms with E-state index in [9.17, 15) is 0 Å². The van der Waals surface area contributed by atoms with Gasteiger partial charge in [0, 0.05) is 12.7 Å². The molecule has 0 aliphatic carbocycles. The van der Waals surface area contributed by atoms with Crippen LogP contribution in [-0.4, -0.2) is 21.3 Å². The third kappa shape index (κ3) is 3.78. The highest BCUT2D eigenvalue weighted by Crippen LogP contribution is 2.14. The van der Waals surface area contributed by atoms with Crippen LogP contribution in [0.25, 0.3) is 0 Å². The molecule has 0 radical (unpaired) electrons. The van der Waals surface area contributed by atoms with Gasteiger partial charge in [-0.15, -0.1) is 0 Å². The van der Waals surface area contributed by atoms with E-state index in [0.29, 0.717) is 11.6 Å². The number of hydrogen-bond donors (Lipinski definition) is 1. The van der Waals surface area contributed by atoms with Crippen LogP contribution < -0.4 is 5.32 Å². The van der Waals surface area contributed by atoms with E-state index in [-0.39, 0.29) is 0 Å². The summed E-state index contributed by atoms with van der Waals surface area (Å²) in [4.78, 5) is 4.46. The second-order valence-electron chi connectivity index (χ2n) is 4.57. The molecule has 102 valence electrons. The first kappa shape index (κ1) is 14.0. The van der Waals surface area contributed by atoms with Crippen molar-refractivity contribution in [1.29, 1.82) is 0 Å². The van der Waals surface area contributed by atoms with Gasteiger partial charge in [-0.2, -0.15) is 5.10 Å². The van der Waals surface area contributed by atoms with E-state index in [1.807, 2.05) is 23.9 Å². The minimum absolute atomic E-state index is 0.654. The molecule has 0 fully saturated rings. The minimum atomic E-state index is 0.654. The number of aromatic nitrogens is 3. The molecule has 2 rings (SSSR count). The number of rotatable bonds is 6. The van der Waals surface area contributed by atoms with Crippen LogP contribution in [-0.2, 0) is 13.1 Å². The van der Waals surface area contributed by atoms with Crippen molar-refractivity contribution in [2.75, 3.05) is 6.54 Å².